The second-order valence-electron chi connectivity index (χ2n) is 2.91. The number of aromatic nitrogens is 2. The molecule has 5 nitrogen and oxygen atoms in total. The molecular weight excluding hydrogens is 182 g/mol. The third-order valence-corrected chi connectivity index (χ3v) is 1.94. The van der Waals surface area contributed by atoms with E-state index in [9.17, 15) is 0 Å². The Kier molecular flexibility index (Phi) is 2.24. The number of rotatable bonds is 3. The van der Waals surface area contributed by atoms with E-state index >= 15 is 0 Å². The van der Waals surface area contributed by atoms with Crippen molar-refractivity contribution in [1.29, 1.82) is 0 Å². The van der Waals surface area contributed by atoms with Crippen molar-refractivity contribution in [3.63, 3.8) is 0 Å². The molecule has 14 heavy (non-hydrogen) atoms. The Morgan fingerprint density at radius 1 is 1.57 bits per heavy atom. The predicted molar refractivity (Wildman–Crippen MR) is 51.4 cm³/mol. The van der Waals surface area contributed by atoms with Gasteiger partial charge in [0.25, 0.3) is 0 Å². The summed E-state index contributed by atoms with van der Waals surface area (Å²) >= 11 is 0. The van der Waals surface area contributed by atoms with Crippen LogP contribution in [0.5, 0.6) is 0 Å². The fourth-order valence-electron chi connectivity index (χ4n) is 1.26. The van der Waals surface area contributed by atoms with Crippen LogP contribution in [0.1, 0.15) is 0 Å². The molecule has 0 aliphatic heterocycles. The van der Waals surface area contributed by atoms with Crippen LogP contribution in [-0.2, 0) is 6.54 Å². The minimum absolute atomic E-state index is 0.0245. The number of anilines is 1. The topological polar surface area (TPSA) is 77.2 Å². The Morgan fingerprint density at radius 3 is 3.07 bits per heavy atom. The Hall–Kier alpha value is -1.75. The monoisotopic (exact) mass is 193 g/mol. The summed E-state index contributed by atoms with van der Waals surface area (Å²) in [6.45, 7) is 0.431. The summed E-state index contributed by atoms with van der Waals surface area (Å²) in [5.41, 5.74) is 7.33. The fraction of sp³-hybridized carbons (Fsp3) is 0.222. The van der Waals surface area contributed by atoms with Gasteiger partial charge in [0.15, 0.2) is 0 Å². The SMILES string of the molecule is Nc1cc(-c2ccoc2)nn1CCO. The van der Waals surface area contributed by atoms with Crippen molar-refractivity contribution in [3.05, 3.63) is 24.7 Å². The van der Waals surface area contributed by atoms with Crippen LogP contribution in [0.4, 0.5) is 5.82 Å². The lowest BCUT2D eigenvalue weighted by atomic mass is 10.2. The highest BCUT2D eigenvalue weighted by Crippen LogP contribution is 2.20. The Labute approximate surface area is 80.8 Å². The molecule has 74 valence electrons. The molecule has 2 heterocycles. The molecule has 3 N–H and O–H groups in total. The molecule has 0 aliphatic rings. The zero-order chi connectivity index (χ0) is 9.97. The van der Waals surface area contributed by atoms with Gasteiger partial charge in [0.2, 0.25) is 0 Å². The molecule has 0 amide bonds. The summed E-state index contributed by atoms with van der Waals surface area (Å²) in [5.74, 6) is 0.537. The van der Waals surface area contributed by atoms with Crippen LogP contribution in [0, 0.1) is 0 Å². The van der Waals surface area contributed by atoms with Crippen molar-refractivity contribution >= 4 is 5.82 Å². The van der Waals surface area contributed by atoms with Crippen LogP contribution in [0.2, 0.25) is 0 Å². The molecule has 0 aromatic carbocycles. The van der Waals surface area contributed by atoms with E-state index in [-0.39, 0.29) is 6.61 Å². The summed E-state index contributed by atoms with van der Waals surface area (Å²) in [7, 11) is 0. The zero-order valence-electron chi connectivity index (χ0n) is 7.55. The highest BCUT2D eigenvalue weighted by atomic mass is 16.3. The maximum Gasteiger partial charge on any atom is 0.122 e. The first-order valence-corrected chi connectivity index (χ1v) is 4.28. The molecule has 0 saturated heterocycles. The summed E-state index contributed by atoms with van der Waals surface area (Å²) in [6.07, 6.45) is 3.18. The quantitative estimate of drug-likeness (QED) is 0.752. The van der Waals surface area contributed by atoms with E-state index in [0.29, 0.717) is 12.4 Å². The van der Waals surface area contributed by atoms with Crippen LogP contribution in [0.25, 0.3) is 11.3 Å². The molecule has 0 bridgehead atoms. The summed E-state index contributed by atoms with van der Waals surface area (Å²) < 4.78 is 6.50. The van der Waals surface area contributed by atoms with Crippen LogP contribution < -0.4 is 5.73 Å². The van der Waals surface area contributed by atoms with Gasteiger partial charge in [-0.15, -0.1) is 0 Å². The summed E-state index contributed by atoms with van der Waals surface area (Å²) in [4.78, 5) is 0. The minimum atomic E-state index is 0.0245. The number of nitrogens with zero attached hydrogens (tertiary/aromatic N) is 2. The van der Waals surface area contributed by atoms with Gasteiger partial charge in [0.05, 0.1) is 31.4 Å². The van der Waals surface area contributed by atoms with Crippen molar-refractivity contribution in [1.82, 2.24) is 9.78 Å². The van der Waals surface area contributed by atoms with Gasteiger partial charge in [-0.2, -0.15) is 5.10 Å². The number of furan rings is 1. The van der Waals surface area contributed by atoms with E-state index in [1.807, 2.05) is 6.07 Å². The highest BCUT2D eigenvalue weighted by Gasteiger charge is 2.07. The Bertz CT molecular complexity index is 406. The predicted octanol–water partition coefficient (Wildman–Crippen LogP) is 0.718. The minimum Gasteiger partial charge on any atom is -0.472 e. The highest BCUT2D eigenvalue weighted by molar-refractivity contribution is 5.60. The number of aliphatic hydroxyl groups is 1. The molecule has 2 aromatic rings. The van der Waals surface area contributed by atoms with Crippen LogP contribution in [0.3, 0.4) is 0 Å². The van der Waals surface area contributed by atoms with Gasteiger partial charge in [0.1, 0.15) is 5.82 Å². The second kappa shape index (κ2) is 3.55. The average molecular weight is 193 g/mol. The lowest BCUT2D eigenvalue weighted by molar-refractivity contribution is 0.270. The van der Waals surface area contributed by atoms with Gasteiger partial charge in [-0.25, -0.2) is 4.68 Å². The lowest BCUT2D eigenvalue weighted by Gasteiger charge is -1.98. The van der Waals surface area contributed by atoms with Crippen LogP contribution >= 0.6 is 0 Å². The second-order valence-corrected chi connectivity index (χ2v) is 2.91. The molecule has 2 rings (SSSR count). The Balaban J connectivity index is 2.33. The largest absolute Gasteiger partial charge is 0.472 e. The number of hydrogen-bond donors (Lipinski definition) is 2. The van der Waals surface area contributed by atoms with E-state index in [0.717, 1.165) is 11.3 Å². The summed E-state index contributed by atoms with van der Waals surface area (Å²) in [6, 6.07) is 3.56. The maximum atomic E-state index is 8.75. The molecule has 0 fully saturated rings. The average Bonchev–Trinajstić information content (AvgIpc) is 2.76. The van der Waals surface area contributed by atoms with E-state index < -0.39 is 0 Å². The van der Waals surface area contributed by atoms with Crippen molar-refractivity contribution in [3.8, 4) is 11.3 Å². The van der Waals surface area contributed by atoms with E-state index in [1.54, 1.807) is 23.3 Å². The molecule has 0 unspecified atom stereocenters. The molecule has 0 atom stereocenters. The van der Waals surface area contributed by atoms with Gasteiger partial charge in [-0.05, 0) is 6.07 Å². The number of nitrogen functional groups attached to an aromatic ring is 1. The molecule has 0 radical (unpaired) electrons. The van der Waals surface area contributed by atoms with Gasteiger partial charge < -0.3 is 15.3 Å². The standard InChI is InChI=1S/C9H11N3O2/c10-9-5-8(7-1-4-14-6-7)11-12(9)2-3-13/h1,4-6,13H,2-3,10H2. The van der Waals surface area contributed by atoms with Gasteiger partial charge in [-0.1, -0.05) is 0 Å². The number of aliphatic hydroxyl groups excluding tert-OH is 1. The van der Waals surface area contributed by atoms with Crippen molar-refractivity contribution in [2.24, 2.45) is 0 Å². The van der Waals surface area contributed by atoms with Gasteiger partial charge in [0, 0.05) is 11.6 Å². The summed E-state index contributed by atoms with van der Waals surface area (Å²) in [5, 5.41) is 13.0. The van der Waals surface area contributed by atoms with E-state index in [4.69, 9.17) is 15.3 Å². The van der Waals surface area contributed by atoms with Crippen molar-refractivity contribution in [2.75, 3.05) is 12.3 Å². The van der Waals surface area contributed by atoms with Crippen LogP contribution in [0.15, 0.2) is 29.1 Å². The smallest absolute Gasteiger partial charge is 0.122 e. The third kappa shape index (κ3) is 1.49. The normalized spacial score (nSPS) is 10.6. The van der Waals surface area contributed by atoms with E-state index in [1.165, 1.54) is 0 Å². The number of nitrogens with two attached hydrogens (primary N) is 1. The molecule has 0 spiro atoms. The lowest BCUT2D eigenvalue weighted by Crippen LogP contribution is -2.07. The molecular formula is C9H11N3O2. The van der Waals surface area contributed by atoms with Gasteiger partial charge in [-0.3, -0.25) is 0 Å². The van der Waals surface area contributed by atoms with Crippen molar-refractivity contribution in [2.45, 2.75) is 6.54 Å². The third-order valence-electron chi connectivity index (χ3n) is 1.94. The molecule has 2 aromatic heterocycles. The van der Waals surface area contributed by atoms with E-state index in [2.05, 4.69) is 5.10 Å². The van der Waals surface area contributed by atoms with Crippen molar-refractivity contribution < 1.29 is 9.52 Å². The zero-order valence-corrected chi connectivity index (χ0v) is 7.55. The maximum absolute atomic E-state index is 8.75. The van der Waals surface area contributed by atoms with Gasteiger partial charge >= 0.3 is 0 Å². The molecule has 0 saturated carbocycles. The Morgan fingerprint density at radius 2 is 2.43 bits per heavy atom. The molecule has 0 aliphatic carbocycles. The first kappa shape index (κ1) is 8.83. The first-order valence-electron chi connectivity index (χ1n) is 4.28. The first-order chi connectivity index (χ1) is 6.81. The fourth-order valence-corrected chi connectivity index (χ4v) is 1.26. The molecule has 5 heteroatoms. The van der Waals surface area contributed by atoms with Crippen LogP contribution in [-0.4, -0.2) is 21.5 Å². The number of hydrogen-bond acceptors (Lipinski definition) is 4.